The van der Waals surface area contributed by atoms with E-state index >= 15 is 0 Å². The van der Waals surface area contributed by atoms with Crippen LogP contribution in [0.2, 0.25) is 0 Å². The van der Waals surface area contributed by atoms with Gasteiger partial charge in [-0.05, 0) is 71.7 Å². The third kappa shape index (κ3) is 6.88. The van der Waals surface area contributed by atoms with Crippen LogP contribution in [0.25, 0.3) is 71.4 Å². The van der Waals surface area contributed by atoms with Crippen LogP contribution in [0.4, 0.5) is 0 Å². The van der Waals surface area contributed by atoms with Gasteiger partial charge in [0.25, 0.3) is 0 Å². The zero-order valence-corrected chi connectivity index (χ0v) is 35.4. The molecule has 4 heteroatoms. The first-order chi connectivity index (χ1) is 26.7. The molecule has 0 saturated carbocycles. The fourth-order valence-corrected chi connectivity index (χ4v) is 17.5. The summed E-state index contributed by atoms with van der Waals surface area (Å²) in [6.45, 7) is 4.60. The Morgan fingerprint density at radius 3 is 1.22 bits per heavy atom. The second kappa shape index (κ2) is 16.4. The Hall–Kier alpha value is -3.38. The summed E-state index contributed by atoms with van der Waals surface area (Å²) in [6, 6.07) is 43.5. The smallest absolute Gasteiger partial charge is 0.0480 e. The minimum absolute atomic E-state index is 0.652. The van der Waals surface area contributed by atoms with Crippen molar-refractivity contribution in [3.63, 3.8) is 0 Å². The van der Waals surface area contributed by atoms with Gasteiger partial charge in [0.05, 0.1) is 0 Å². The van der Waals surface area contributed by atoms with E-state index in [2.05, 4.69) is 123 Å². The molecular formula is C50H52P2S2. The summed E-state index contributed by atoms with van der Waals surface area (Å²) in [7, 11) is -1.30. The zero-order chi connectivity index (χ0) is 36.4. The molecule has 0 aliphatic rings. The van der Waals surface area contributed by atoms with Crippen molar-refractivity contribution >= 4 is 98.6 Å². The minimum atomic E-state index is -0.652. The largest absolute Gasteiger partial charge is 0.134 e. The molecule has 0 radical (unpaired) electrons. The summed E-state index contributed by atoms with van der Waals surface area (Å²) < 4.78 is 5.88. The molecule has 0 spiro atoms. The Balaban J connectivity index is 1.16. The molecule has 5 aromatic carbocycles. The van der Waals surface area contributed by atoms with E-state index in [0.29, 0.717) is 0 Å². The third-order valence-corrected chi connectivity index (χ3v) is 19.6. The van der Waals surface area contributed by atoms with Crippen molar-refractivity contribution in [1.29, 1.82) is 0 Å². The molecule has 0 N–H and O–H groups in total. The first kappa shape index (κ1) is 36.3. The summed E-state index contributed by atoms with van der Waals surface area (Å²) in [5, 5.41) is 15.2. The molecule has 274 valence electrons. The maximum atomic E-state index is 2.67. The molecule has 0 saturated heterocycles. The Morgan fingerprint density at radius 1 is 0.407 bits per heavy atom. The molecule has 0 aliphatic heterocycles. The van der Waals surface area contributed by atoms with Crippen LogP contribution in [0.5, 0.6) is 0 Å². The van der Waals surface area contributed by atoms with Gasteiger partial charge in [0.15, 0.2) is 0 Å². The Kier molecular flexibility index (Phi) is 11.0. The van der Waals surface area contributed by atoms with Gasteiger partial charge in [-0.2, -0.15) is 0 Å². The average Bonchev–Trinajstić information content (AvgIpc) is 3.94. The number of benzene rings is 5. The summed E-state index contributed by atoms with van der Waals surface area (Å²) in [5.74, 6) is 0. The predicted octanol–water partition coefficient (Wildman–Crippen LogP) is 18.5. The van der Waals surface area contributed by atoms with Gasteiger partial charge in [0, 0.05) is 60.8 Å². The standard InChI is InChI=1S/C50H52P2S2/c1-3-5-7-9-11-13-19-35-25-29-37(30-26-35)51-43-33-42-44(34-41(43)49-47(51)39-21-15-17-23-45(39)53-49)52(48-40-22-16-18-24-46(40)54-50(42)48)38-31-27-36(28-32-38)20-14-12-10-8-6-4-2/h15-18,21-34H,3-14,19-20H2,1-2H3. The molecular weight excluding hydrogens is 727 g/mol. The van der Waals surface area contributed by atoms with Crippen molar-refractivity contribution < 1.29 is 0 Å². The van der Waals surface area contributed by atoms with Gasteiger partial charge in [-0.25, -0.2) is 0 Å². The number of hydrogen-bond donors (Lipinski definition) is 0. The van der Waals surface area contributed by atoms with Crippen LogP contribution in [0.1, 0.15) is 102 Å². The third-order valence-electron chi connectivity index (χ3n) is 11.7. The van der Waals surface area contributed by atoms with Gasteiger partial charge >= 0.3 is 0 Å². The molecule has 0 aliphatic carbocycles. The molecule has 9 aromatic rings. The number of hydrogen-bond acceptors (Lipinski definition) is 2. The van der Waals surface area contributed by atoms with Gasteiger partial charge in [-0.1, -0.05) is 178 Å². The van der Waals surface area contributed by atoms with E-state index in [1.807, 2.05) is 22.7 Å². The quantitative estimate of drug-likeness (QED) is 0.0857. The number of rotatable bonds is 16. The van der Waals surface area contributed by atoms with E-state index < -0.39 is 15.1 Å². The molecule has 2 unspecified atom stereocenters. The van der Waals surface area contributed by atoms with Gasteiger partial charge in [-0.3, -0.25) is 0 Å². The van der Waals surface area contributed by atoms with E-state index in [4.69, 9.17) is 0 Å². The van der Waals surface area contributed by atoms with Crippen LogP contribution >= 0.6 is 37.7 Å². The molecule has 0 fully saturated rings. The highest BCUT2D eigenvalue weighted by molar-refractivity contribution is 7.70. The van der Waals surface area contributed by atoms with Crippen LogP contribution in [-0.4, -0.2) is 0 Å². The SMILES string of the molecule is CCCCCCCCc1ccc(-p2c3cc4c5sc6ccccc6c5p(-c5ccc(CCCCCCCC)cc5)c4cc3c3sc4ccccc4c32)cc1. The van der Waals surface area contributed by atoms with Gasteiger partial charge < -0.3 is 0 Å². The Bertz CT molecular complexity index is 2490. The van der Waals surface area contributed by atoms with Crippen molar-refractivity contribution in [2.45, 2.75) is 104 Å². The molecule has 0 nitrogen and oxygen atoms in total. The average molecular weight is 779 g/mol. The van der Waals surface area contributed by atoms with Crippen molar-refractivity contribution in [1.82, 2.24) is 0 Å². The second-order valence-electron chi connectivity index (χ2n) is 15.5. The van der Waals surface area contributed by atoms with Gasteiger partial charge in [0.1, 0.15) is 0 Å². The minimum Gasteiger partial charge on any atom is -0.134 e. The van der Waals surface area contributed by atoms with Crippen LogP contribution in [0.3, 0.4) is 0 Å². The molecule has 0 bridgehead atoms. The molecule has 4 aromatic heterocycles. The van der Waals surface area contributed by atoms with Gasteiger partial charge in [0.2, 0.25) is 0 Å². The molecule has 9 rings (SSSR count). The normalized spacial score (nSPS) is 12.9. The van der Waals surface area contributed by atoms with Crippen molar-refractivity contribution in [2.75, 3.05) is 0 Å². The van der Waals surface area contributed by atoms with Gasteiger partial charge in [-0.15, -0.1) is 22.7 Å². The number of unbranched alkanes of at least 4 members (excludes halogenated alkanes) is 10. The lowest BCUT2D eigenvalue weighted by Gasteiger charge is -2.08. The maximum absolute atomic E-state index is 2.67. The number of aryl methyl sites for hydroxylation is 2. The first-order valence-corrected chi connectivity index (χ1v) is 25.0. The van der Waals surface area contributed by atoms with E-state index in [1.165, 1.54) is 152 Å². The summed E-state index contributed by atoms with van der Waals surface area (Å²) in [5.41, 5.74) is 2.98. The fourth-order valence-electron chi connectivity index (χ4n) is 8.80. The first-order valence-electron chi connectivity index (χ1n) is 20.7. The van der Waals surface area contributed by atoms with Crippen molar-refractivity contribution in [2.24, 2.45) is 0 Å². The lowest BCUT2D eigenvalue weighted by Crippen LogP contribution is -1.86. The fraction of sp³-hybridized carbons (Fsp3) is 0.320. The highest BCUT2D eigenvalue weighted by atomic mass is 32.1. The van der Waals surface area contributed by atoms with Crippen LogP contribution in [-0.2, 0) is 12.8 Å². The molecule has 4 heterocycles. The number of fused-ring (bicyclic) bond motifs is 10. The summed E-state index contributed by atoms with van der Waals surface area (Å²) >= 11 is 4.04. The topological polar surface area (TPSA) is 0 Å². The molecule has 2 atom stereocenters. The molecule has 54 heavy (non-hydrogen) atoms. The zero-order valence-electron chi connectivity index (χ0n) is 32.0. The predicted molar refractivity (Wildman–Crippen MR) is 249 cm³/mol. The van der Waals surface area contributed by atoms with Crippen molar-refractivity contribution in [3.8, 4) is 10.6 Å². The highest BCUT2D eigenvalue weighted by Crippen LogP contribution is 2.64. The number of thiophene rings is 2. The second-order valence-corrected chi connectivity index (χ2v) is 21.8. The van der Waals surface area contributed by atoms with E-state index in [0.717, 1.165) is 0 Å². The summed E-state index contributed by atoms with van der Waals surface area (Å²) in [6.07, 6.45) is 18.6. The van der Waals surface area contributed by atoms with E-state index in [9.17, 15) is 0 Å². The summed E-state index contributed by atoms with van der Waals surface area (Å²) in [4.78, 5) is 0. The maximum Gasteiger partial charge on any atom is 0.0480 e. The van der Waals surface area contributed by atoms with Crippen LogP contribution < -0.4 is 0 Å². The Morgan fingerprint density at radius 2 is 0.796 bits per heavy atom. The van der Waals surface area contributed by atoms with E-state index in [-0.39, 0.29) is 0 Å². The van der Waals surface area contributed by atoms with Crippen molar-refractivity contribution in [3.05, 3.63) is 120 Å². The van der Waals surface area contributed by atoms with Crippen LogP contribution in [0.15, 0.2) is 109 Å². The van der Waals surface area contributed by atoms with E-state index in [1.54, 1.807) is 20.5 Å². The Labute approximate surface area is 331 Å². The lowest BCUT2D eigenvalue weighted by atomic mass is 10.1. The lowest BCUT2D eigenvalue weighted by molar-refractivity contribution is 0.607. The monoisotopic (exact) mass is 778 g/mol. The highest BCUT2D eigenvalue weighted by Gasteiger charge is 2.24. The van der Waals surface area contributed by atoms with Crippen LogP contribution in [0, 0.1) is 0 Å². The molecule has 0 amide bonds.